The zero-order valence-corrected chi connectivity index (χ0v) is 19.6. The van der Waals surface area contributed by atoms with Crippen LogP contribution in [0.15, 0.2) is 54.6 Å². The maximum absolute atomic E-state index is 2.99. The largest absolute Gasteiger partial charge is 4.00 e. The van der Waals surface area contributed by atoms with E-state index in [1.807, 2.05) is 12.2 Å². The summed E-state index contributed by atoms with van der Waals surface area (Å²) in [5, 5.41) is 4.36. The Bertz CT molecular complexity index is 578. The summed E-state index contributed by atoms with van der Waals surface area (Å²) >= 11 is 0. The molecule has 0 N–H and O–H groups in total. The molecule has 0 saturated heterocycles. The Morgan fingerprint density at radius 2 is 1.67 bits per heavy atom. The van der Waals surface area contributed by atoms with Gasteiger partial charge in [-0.15, -0.1) is 46.8 Å². The van der Waals surface area contributed by atoms with Crippen LogP contribution in [0.5, 0.6) is 0 Å². The van der Waals surface area contributed by atoms with E-state index >= 15 is 0 Å². The van der Waals surface area contributed by atoms with E-state index < -0.39 is 0 Å². The quantitative estimate of drug-likeness (QED) is 0.442. The smallest absolute Gasteiger partial charge is 1.00 e. The van der Waals surface area contributed by atoms with E-state index in [4.69, 9.17) is 0 Å². The van der Waals surface area contributed by atoms with Crippen molar-refractivity contribution in [1.82, 2.24) is 0 Å². The number of rotatable bonds is 3. The number of halogens is 2. The van der Waals surface area contributed by atoms with Crippen LogP contribution in [-0.4, -0.2) is 11.3 Å². The Labute approximate surface area is 180 Å². The van der Waals surface area contributed by atoms with Gasteiger partial charge in [0.15, 0.2) is 0 Å². The van der Waals surface area contributed by atoms with Crippen molar-refractivity contribution in [3.63, 3.8) is 0 Å². The Kier molecular flexibility index (Phi) is 14.8. The van der Waals surface area contributed by atoms with E-state index in [1.54, 1.807) is 5.30 Å². The zero-order valence-electron chi connectivity index (χ0n) is 14.8. The van der Waals surface area contributed by atoms with Crippen molar-refractivity contribution in [2.45, 2.75) is 45.4 Å². The predicted molar refractivity (Wildman–Crippen MR) is 97.9 cm³/mol. The third-order valence-corrected chi connectivity index (χ3v) is 6.68. The third kappa shape index (κ3) is 7.62. The minimum absolute atomic E-state index is 0. The molecule has 0 unspecified atom stereocenters. The summed E-state index contributed by atoms with van der Waals surface area (Å²) in [6.45, 7) is 9.40. The average molecular weight is 459 g/mol. The van der Waals surface area contributed by atoms with E-state index in [1.165, 1.54) is 10.8 Å². The second-order valence-electron chi connectivity index (χ2n) is 5.94. The second-order valence-corrected chi connectivity index (χ2v) is 9.34. The number of benzene rings is 1. The minimum Gasteiger partial charge on any atom is -1.00 e. The predicted octanol–water partition coefficient (Wildman–Crippen LogP) is -0.206. The molecule has 2 aromatic carbocycles. The first-order valence-corrected chi connectivity index (χ1v) is 9.23. The molecule has 2 aromatic rings. The minimum atomic E-state index is -0.0206. The molecule has 1 aliphatic rings. The molecule has 1 aliphatic carbocycles. The second kappa shape index (κ2) is 13.4. The molecular weight excluding hydrogens is 433 g/mol. The maximum atomic E-state index is 2.99. The molecule has 0 amide bonds. The summed E-state index contributed by atoms with van der Waals surface area (Å²) in [5.41, 5.74) is 1.54. The van der Waals surface area contributed by atoms with Crippen LogP contribution in [-0.2, 0) is 26.2 Å². The van der Waals surface area contributed by atoms with Crippen molar-refractivity contribution in [1.29, 1.82) is 0 Å². The zero-order chi connectivity index (χ0) is 15.2. The van der Waals surface area contributed by atoms with Crippen LogP contribution in [0, 0.1) is 6.08 Å². The molecule has 3 rings (SSSR count). The van der Waals surface area contributed by atoms with Crippen LogP contribution in [0.25, 0.3) is 10.8 Å². The Hall–Kier alpha value is 0.203. The van der Waals surface area contributed by atoms with Gasteiger partial charge in [0.2, 0.25) is 0 Å². The monoisotopic (exact) mass is 456 g/mol. The summed E-state index contributed by atoms with van der Waals surface area (Å²) in [4.78, 5) is 0. The normalized spacial score (nSPS) is 11.8. The van der Waals surface area contributed by atoms with Gasteiger partial charge in [0.1, 0.15) is 0 Å². The molecule has 0 nitrogen and oxygen atoms in total. The van der Waals surface area contributed by atoms with Gasteiger partial charge in [0, 0.05) is 0 Å². The van der Waals surface area contributed by atoms with Crippen LogP contribution in [0.1, 0.15) is 34.1 Å². The first-order chi connectivity index (χ1) is 10.1. The topological polar surface area (TPSA) is 0 Å². The standard InChI is InChI=1S/C15H20P.C5H5.2ClH.Zr/c1-11(2)16(12(3)4)15-9-13-7-5-6-8-14(13)10-15;1-2-4-5-3-1;;;/h5-12H,1-4H3;1-3H,4H2;2*1H;/q2*-1;;;+4/p-2. The molecule has 0 heterocycles. The van der Waals surface area contributed by atoms with Crippen LogP contribution >= 0.6 is 7.92 Å². The Morgan fingerprint density at radius 1 is 1.04 bits per heavy atom. The molecule has 0 spiro atoms. The Morgan fingerprint density at radius 3 is 2.08 bits per heavy atom. The average Bonchev–Trinajstić information content (AvgIpc) is 3.10. The summed E-state index contributed by atoms with van der Waals surface area (Å²) in [6.07, 6.45) is 10.0. The molecule has 0 aliphatic heterocycles. The first kappa shape index (κ1) is 26.4. The maximum Gasteiger partial charge on any atom is 4.00 e. The fourth-order valence-electron chi connectivity index (χ4n) is 2.82. The van der Waals surface area contributed by atoms with Gasteiger partial charge < -0.3 is 24.8 Å². The van der Waals surface area contributed by atoms with Gasteiger partial charge in [-0.3, -0.25) is 6.08 Å². The molecule has 0 atom stereocenters. The fourth-order valence-corrected chi connectivity index (χ4v) is 5.78. The molecule has 0 saturated carbocycles. The molecule has 0 radical (unpaired) electrons. The molecule has 0 bridgehead atoms. The number of hydrogen-bond donors (Lipinski definition) is 0. The van der Waals surface area contributed by atoms with Gasteiger partial charge in [0.05, 0.1) is 0 Å². The van der Waals surface area contributed by atoms with Crippen LogP contribution in [0.4, 0.5) is 0 Å². The van der Waals surface area contributed by atoms with Gasteiger partial charge >= 0.3 is 26.2 Å². The van der Waals surface area contributed by atoms with Crippen molar-refractivity contribution in [3.05, 3.63) is 60.7 Å². The SMILES string of the molecule is CC(C)P(c1cc2ccccc2[cH-]1)C(C)C.[C-]1=CC=CC1.[Cl-].[Cl-].[Zr+4]. The van der Waals surface area contributed by atoms with E-state index in [0.717, 1.165) is 17.7 Å². The Balaban J connectivity index is 0. The van der Waals surface area contributed by atoms with Crippen molar-refractivity contribution in [2.24, 2.45) is 0 Å². The van der Waals surface area contributed by atoms with Gasteiger partial charge in [-0.1, -0.05) is 41.7 Å². The van der Waals surface area contributed by atoms with Gasteiger partial charge in [0.25, 0.3) is 0 Å². The van der Waals surface area contributed by atoms with Gasteiger partial charge in [-0.25, -0.2) is 12.2 Å². The molecule has 128 valence electrons. The number of allylic oxidation sites excluding steroid dienone is 4. The summed E-state index contributed by atoms with van der Waals surface area (Å²) < 4.78 is 0. The van der Waals surface area contributed by atoms with E-state index in [-0.39, 0.29) is 58.9 Å². The van der Waals surface area contributed by atoms with Gasteiger partial charge in [-0.05, 0) is 11.3 Å². The van der Waals surface area contributed by atoms with Crippen LogP contribution in [0.2, 0.25) is 0 Å². The number of fused-ring (bicyclic) bond motifs is 1. The van der Waals surface area contributed by atoms with Crippen molar-refractivity contribution >= 4 is 24.0 Å². The van der Waals surface area contributed by atoms with Crippen molar-refractivity contribution < 1.29 is 51.0 Å². The van der Waals surface area contributed by atoms with E-state index in [0.29, 0.717) is 0 Å². The molecule has 24 heavy (non-hydrogen) atoms. The molecule has 0 aromatic heterocycles. The van der Waals surface area contributed by atoms with Gasteiger partial charge in [-0.2, -0.15) is 12.1 Å². The third-order valence-electron chi connectivity index (χ3n) is 3.60. The summed E-state index contributed by atoms with van der Waals surface area (Å²) in [6, 6.07) is 13.5. The van der Waals surface area contributed by atoms with Crippen molar-refractivity contribution in [2.75, 3.05) is 0 Å². The van der Waals surface area contributed by atoms with Crippen LogP contribution < -0.4 is 30.1 Å². The molecule has 0 fully saturated rings. The summed E-state index contributed by atoms with van der Waals surface area (Å²) in [7, 11) is -0.0206. The first-order valence-electron chi connectivity index (χ1n) is 7.75. The fraction of sp³-hybridized carbons (Fsp3) is 0.350. The molecule has 4 heteroatoms. The molecular formula is C20H25Cl2PZr. The van der Waals surface area contributed by atoms with Crippen molar-refractivity contribution in [3.8, 4) is 0 Å². The number of hydrogen-bond acceptors (Lipinski definition) is 0. The van der Waals surface area contributed by atoms with E-state index in [9.17, 15) is 0 Å². The summed E-state index contributed by atoms with van der Waals surface area (Å²) in [5.74, 6) is 0. The van der Waals surface area contributed by atoms with E-state index in [2.05, 4.69) is 76.2 Å². The van der Waals surface area contributed by atoms with Crippen LogP contribution in [0.3, 0.4) is 0 Å².